The van der Waals surface area contributed by atoms with Gasteiger partial charge in [-0.15, -0.1) is 11.3 Å². The third-order valence-electron chi connectivity index (χ3n) is 2.75. The Morgan fingerprint density at radius 2 is 2.20 bits per heavy atom. The summed E-state index contributed by atoms with van der Waals surface area (Å²) in [5.41, 5.74) is 0.891. The molecule has 0 fully saturated rings. The normalized spacial score (nSPS) is 12.2. The second-order valence-corrected chi connectivity index (χ2v) is 5.42. The minimum absolute atomic E-state index is 0.135. The number of hydrogen-bond donors (Lipinski definition) is 1. The first-order valence-electron chi connectivity index (χ1n) is 6.87. The first kappa shape index (κ1) is 14.7. The maximum atomic E-state index is 5.58. The van der Waals surface area contributed by atoms with E-state index in [1.54, 1.807) is 11.3 Å². The first-order chi connectivity index (χ1) is 9.72. The van der Waals surface area contributed by atoms with Crippen molar-refractivity contribution in [3.63, 3.8) is 0 Å². The van der Waals surface area contributed by atoms with E-state index in [1.807, 2.05) is 24.6 Å². The smallest absolute Gasteiger partial charge is 0.226 e. The molecular weight excluding hydrogens is 272 g/mol. The van der Waals surface area contributed by atoms with Crippen LogP contribution in [-0.2, 0) is 0 Å². The van der Waals surface area contributed by atoms with E-state index < -0.39 is 0 Å². The third kappa shape index (κ3) is 3.90. The zero-order chi connectivity index (χ0) is 14.4. The van der Waals surface area contributed by atoms with Crippen LogP contribution in [0.3, 0.4) is 0 Å². The van der Waals surface area contributed by atoms with E-state index in [0.29, 0.717) is 18.4 Å². The van der Waals surface area contributed by atoms with E-state index in [0.717, 1.165) is 23.5 Å². The van der Waals surface area contributed by atoms with Crippen LogP contribution in [0.25, 0.3) is 0 Å². The summed E-state index contributed by atoms with van der Waals surface area (Å²) in [5, 5.41) is 6.36. The van der Waals surface area contributed by atoms with Crippen molar-refractivity contribution in [1.82, 2.24) is 15.0 Å². The molecule has 0 radical (unpaired) electrons. The Hall–Kier alpha value is -1.69. The van der Waals surface area contributed by atoms with Crippen molar-refractivity contribution in [3.05, 3.63) is 28.3 Å². The summed E-state index contributed by atoms with van der Waals surface area (Å²) in [6, 6.07) is 1.99. The largest absolute Gasteiger partial charge is 0.478 e. The van der Waals surface area contributed by atoms with Crippen molar-refractivity contribution in [2.24, 2.45) is 0 Å². The molecule has 0 spiro atoms. The van der Waals surface area contributed by atoms with Crippen LogP contribution in [0.4, 0.5) is 5.95 Å². The molecule has 5 nitrogen and oxygen atoms in total. The molecule has 1 unspecified atom stereocenters. The molecule has 0 aliphatic heterocycles. The Morgan fingerprint density at radius 1 is 1.35 bits per heavy atom. The lowest BCUT2D eigenvalue weighted by molar-refractivity contribution is 0.305. The summed E-state index contributed by atoms with van der Waals surface area (Å²) in [7, 11) is 0. The minimum atomic E-state index is 0.135. The SMILES string of the molecule is CCCOc1cc(C)nc(NC(CC)c2nccs2)n1. The number of nitrogens with zero attached hydrogens (tertiary/aromatic N) is 3. The molecule has 0 saturated heterocycles. The highest BCUT2D eigenvalue weighted by molar-refractivity contribution is 7.09. The highest BCUT2D eigenvalue weighted by Crippen LogP contribution is 2.23. The van der Waals surface area contributed by atoms with E-state index in [1.165, 1.54) is 0 Å². The van der Waals surface area contributed by atoms with Crippen molar-refractivity contribution in [3.8, 4) is 5.88 Å². The van der Waals surface area contributed by atoms with Gasteiger partial charge >= 0.3 is 0 Å². The predicted molar refractivity (Wildman–Crippen MR) is 81.3 cm³/mol. The van der Waals surface area contributed by atoms with Crippen LogP contribution in [0.5, 0.6) is 5.88 Å². The highest BCUT2D eigenvalue weighted by atomic mass is 32.1. The fourth-order valence-corrected chi connectivity index (χ4v) is 2.56. The van der Waals surface area contributed by atoms with E-state index in [9.17, 15) is 0 Å². The standard InChI is InChI=1S/C14H20N4OS/c1-4-7-19-12-9-10(3)16-14(18-12)17-11(5-2)13-15-6-8-20-13/h6,8-9,11H,4-5,7H2,1-3H3,(H,16,17,18). The highest BCUT2D eigenvalue weighted by Gasteiger charge is 2.14. The number of ether oxygens (including phenoxy) is 1. The lowest BCUT2D eigenvalue weighted by atomic mass is 10.2. The molecule has 0 amide bonds. The van der Waals surface area contributed by atoms with Crippen LogP contribution >= 0.6 is 11.3 Å². The molecule has 2 aromatic heterocycles. The zero-order valence-corrected chi connectivity index (χ0v) is 12.9. The van der Waals surface area contributed by atoms with Crippen molar-refractivity contribution in [2.45, 2.75) is 39.7 Å². The fraction of sp³-hybridized carbons (Fsp3) is 0.500. The van der Waals surface area contributed by atoms with Gasteiger partial charge in [0.25, 0.3) is 0 Å². The van der Waals surface area contributed by atoms with Crippen LogP contribution in [0, 0.1) is 6.92 Å². The molecule has 0 bridgehead atoms. The average molecular weight is 292 g/mol. The van der Waals surface area contributed by atoms with Crippen molar-refractivity contribution in [1.29, 1.82) is 0 Å². The number of hydrogen-bond acceptors (Lipinski definition) is 6. The molecule has 0 aliphatic rings. The van der Waals surface area contributed by atoms with Gasteiger partial charge in [-0.2, -0.15) is 4.98 Å². The van der Waals surface area contributed by atoms with E-state index in [2.05, 4.69) is 34.1 Å². The number of rotatable bonds is 7. The second kappa shape index (κ2) is 7.19. The first-order valence-corrected chi connectivity index (χ1v) is 7.75. The molecule has 108 valence electrons. The van der Waals surface area contributed by atoms with Gasteiger partial charge in [0.2, 0.25) is 11.8 Å². The second-order valence-electron chi connectivity index (χ2n) is 4.50. The summed E-state index contributed by atoms with van der Waals surface area (Å²) < 4.78 is 5.58. The maximum absolute atomic E-state index is 5.58. The van der Waals surface area contributed by atoms with Gasteiger partial charge in [-0.3, -0.25) is 0 Å². The number of aryl methyl sites for hydroxylation is 1. The molecule has 0 aromatic carbocycles. The van der Waals surface area contributed by atoms with Crippen molar-refractivity contribution < 1.29 is 4.74 Å². The Kier molecular flexibility index (Phi) is 5.29. The van der Waals surface area contributed by atoms with Crippen LogP contribution in [-0.4, -0.2) is 21.6 Å². The summed E-state index contributed by atoms with van der Waals surface area (Å²) >= 11 is 1.64. The quantitative estimate of drug-likeness (QED) is 0.845. The monoisotopic (exact) mass is 292 g/mol. The lowest BCUT2D eigenvalue weighted by Gasteiger charge is -2.15. The third-order valence-corrected chi connectivity index (χ3v) is 3.64. The summed E-state index contributed by atoms with van der Waals surface area (Å²) in [5.74, 6) is 1.22. The average Bonchev–Trinajstić information content (AvgIpc) is 2.96. The number of aromatic nitrogens is 3. The van der Waals surface area contributed by atoms with Gasteiger partial charge in [-0.1, -0.05) is 13.8 Å². The van der Waals surface area contributed by atoms with Gasteiger partial charge in [-0.05, 0) is 19.8 Å². The molecular formula is C14H20N4OS. The van der Waals surface area contributed by atoms with Crippen LogP contribution in [0.15, 0.2) is 17.6 Å². The molecule has 2 rings (SSSR count). The van der Waals surface area contributed by atoms with Gasteiger partial charge in [0.15, 0.2) is 0 Å². The van der Waals surface area contributed by atoms with Crippen LogP contribution in [0.1, 0.15) is 43.4 Å². The van der Waals surface area contributed by atoms with Gasteiger partial charge in [-0.25, -0.2) is 9.97 Å². The lowest BCUT2D eigenvalue weighted by Crippen LogP contribution is -2.13. The molecule has 1 N–H and O–H groups in total. The van der Waals surface area contributed by atoms with E-state index in [-0.39, 0.29) is 6.04 Å². The van der Waals surface area contributed by atoms with Crippen molar-refractivity contribution >= 4 is 17.3 Å². The summed E-state index contributed by atoms with van der Waals surface area (Å²) in [4.78, 5) is 13.2. The van der Waals surface area contributed by atoms with Gasteiger partial charge in [0.05, 0.1) is 12.6 Å². The fourth-order valence-electron chi connectivity index (χ4n) is 1.79. The van der Waals surface area contributed by atoms with Gasteiger partial charge < -0.3 is 10.1 Å². The summed E-state index contributed by atoms with van der Waals surface area (Å²) in [6.45, 7) is 6.79. The molecule has 0 saturated carbocycles. The Balaban J connectivity index is 2.13. The predicted octanol–water partition coefficient (Wildman–Crippen LogP) is 3.59. The van der Waals surface area contributed by atoms with Gasteiger partial charge in [0.1, 0.15) is 5.01 Å². The number of thiazole rings is 1. The van der Waals surface area contributed by atoms with Crippen molar-refractivity contribution in [2.75, 3.05) is 11.9 Å². The van der Waals surface area contributed by atoms with E-state index in [4.69, 9.17) is 4.74 Å². The molecule has 6 heteroatoms. The Bertz CT molecular complexity index is 530. The maximum Gasteiger partial charge on any atom is 0.226 e. The van der Waals surface area contributed by atoms with Gasteiger partial charge in [0, 0.05) is 23.3 Å². The molecule has 1 atom stereocenters. The van der Waals surface area contributed by atoms with Crippen LogP contribution in [0.2, 0.25) is 0 Å². The Morgan fingerprint density at radius 3 is 2.85 bits per heavy atom. The Labute approximate surface area is 123 Å². The number of nitrogens with one attached hydrogen (secondary N) is 1. The zero-order valence-electron chi connectivity index (χ0n) is 12.1. The minimum Gasteiger partial charge on any atom is -0.478 e. The topological polar surface area (TPSA) is 59.9 Å². The molecule has 2 heterocycles. The summed E-state index contributed by atoms with van der Waals surface area (Å²) in [6.07, 6.45) is 3.70. The van der Waals surface area contributed by atoms with Crippen LogP contribution < -0.4 is 10.1 Å². The number of anilines is 1. The molecule has 2 aromatic rings. The molecule has 0 aliphatic carbocycles. The van der Waals surface area contributed by atoms with E-state index >= 15 is 0 Å². The molecule has 20 heavy (non-hydrogen) atoms.